The Balaban J connectivity index is 1.58. The van der Waals surface area contributed by atoms with E-state index in [1.54, 1.807) is 24.5 Å². The number of nitrogens with zero attached hydrogens (tertiary/aromatic N) is 4. The summed E-state index contributed by atoms with van der Waals surface area (Å²) in [4.78, 5) is 18.1. The third-order valence-electron chi connectivity index (χ3n) is 4.69. The van der Waals surface area contributed by atoms with Gasteiger partial charge in [-0.25, -0.2) is 4.39 Å². The van der Waals surface area contributed by atoms with Crippen LogP contribution in [0.25, 0.3) is 11.5 Å². The van der Waals surface area contributed by atoms with Gasteiger partial charge in [-0.3, -0.25) is 9.78 Å². The number of pyridine rings is 1. The summed E-state index contributed by atoms with van der Waals surface area (Å²) in [5.41, 5.74) is -0.915. The van der Waals surface area contributed by atoms with Crippen LogP contribution in [0.4, 0.5) is 17.6 Å². The van der Waals surface area contributed by atoms with Gasteiger partial charge in [-0.05, 0) is 43.2 Å². The monoisotopic (exact) mass is 406 g/mol. The first-order valence-electron chi connectivity index (χ1n) is 8.76. The molecule has 1 saturated heterocycles. The lowest BCUT2D eigenvalue weighted by Crippen LogP contribution is -2.31. The molecule has 0 saturated carbocycles. The maximum absolute atomic E-state index is 13.9. The van der Waals surface area contributed by atoms with E-state index in [1.807, 2.05) is 0 Å². The first kappa shape index (κ1) is 19.0. The molecule has 1 aliphatic heterocycles. The number of amides is 1. The summed E-state index contributed by atoms with van der Waals surface area (Å²) < 4.78 is 57.8. The van der Waals surface area contributed by atoms with Gasteiger partial charge >= 0.3 is 6.18 Å². The number of carbonyl (C=O) groups is 1. The van der Waals surface area contributed by atoms with Crippen molar-refractivity contribution in [2.75, 3.05) is 6.54 Å². The number of rotatable bonds is 3. The van der Waals surface area contributed by atoms with Crippen molar-refractivity contribution < 1.29 is 26.8 Å². The minimum absolute atomic E-state index is 0.170. The fourth-order valence-electron chi connectivity index (χ4n) is 3.29. The third-order valence-corrected chi connectivity index (χ3v) is 4.69. The largest absolute Gasteiger partial charge is 0.419 e. The van der Waals surface area contributed by atoms with Gasteiger partial charge in [0.05, 0.1) is 5.56 Å². The molecule has 3 aromatic rings. The molecular formula is C19H14F4N4O2. The van der Waals surface area contributed by atoms with Gasteiger partial charge in [0, 0.05) is 30.1 Å². The molecule has 1 amide bonds. The summed E-state index contributed by atoms with van der Waals surface area (Å²) in [6.07, 6.45) is -0.484. The van der Waals surface area contributed by atoms with Crippen LogP contribution < -0.4 is 0 Å². The van der Waals surface area contributed by atoms with Crippen LogP contribution in [0.2, 0.25) is 0 Å². The third kappa shape index (κ3) is 3.69. The summed E-state index contributed by atoms with van der Waals surface area (Å²) in [7, 11) is 0. The van der Waals surface area contributed by atoms with Crippen molar-refractivity contribution in [2.24, 2.45) is 0 Å². The topological polar surface area (TPSA) is 72.1 Å². The van der Waals surface area contributed by atoms with Crippen LogP contribution in [-0.4, -0.2) is 32.5 Å². The van der Waals surface area contributed by atoms with Crippen LogP contribution in [0, 0.1) is 5.82 Å². The van der Waals surface area contributed by atoms with Gasteiger partial charge in [-0.2, -0.15) is 13.2 Å². The Morgan fingerprint density at radius 1 is 1.14 bits per heavy atom. The molecule has 1 aromatic carbocycles. The number of aromatic nitrogens is 3. The minimum atomic E-state index is -4.82. The molecule has 6 nitrogen and oxygen atoms in total. The number of hydrogen-bond acceptors (Lipinski definition) is 5. The summed E-state index contributed by atoms with van der Waals surface area (Å²) >= 11 is 0. The second kappa shape index (κ2) is 7.26. The molecule has 2 aromatic heterocycles. The highest BCUT2D eigenvalue weighted by atomic mass is 19.4. The van der Waals surface area contributed by atoms with Gasteiger partial charge in [-0.1, -0.05) is 0 Å². The molecule has 0 aliphatic carbocycles. The Morgan fingerprint density at radius 3 is 2.59 bits per heavy atom. The van der Waals surface area contributed by atoms with E-state index in [4.69, 9.17) is 4.42 Å². The van der Waals surface area contributed by atoms with E-state index in [2.05, 4.69) is 15.2 Å². The van der Waals surface area contributed by atoms with Crippen LogP contribution in [0.5, 0.6) is 0 Å². The SMILES string of the molecule is O=C(c1ccc(C(F)(F)F)c(F)c1)N1CCCC1c1nnc(-c2ccncc2)o1. The van der Waals surface area contributed by atoms with Crippen LogP contribution in [0.3, 0.4) is 0 Å². The summed E-state index contributed by atoms with van der Waals surface area (Å²) in [6.45, 7) is 0.346. The fraction of sp³-hybridized carbons (Fsp3) is 0.263. The highest BCUT2D eigenvalue weighted by Gasteiger charge is 2.37. The van der Waals surface area contributed by atoms with Crippen LogP contribution in [0.15, 0.2) is 47.1 Å². The molecule has 0 radical (unpaired) electrons. The molecule has 10 heteroatoms. The van der Waals surface area contributed by atoms with Gasteiger partial charge in [0.15, 0.2) is 0 Å². The zero-order chi connectivity index (χ0) is 20.6. The van der Waals surface area contributed by atoms with E-state index in [0.717, 1.165) is 6.07 Å². The van der Waals surface area contributed by atoms with Gasteiger partial charge in [0.25, 0.3) is 5.91 Å². The van der Waals surface area contributed by atoms with Crippen LogP contribution in [-0.2, 0) is 6.18 Å². The van der Waals surface area contributed by atoms with Crippen LogP contribution >= 0.6 is 0 Å². The smallest absolute Gasteiger partial charge is 0.418 e. The maximum atomic E-state index is 13.9. The molecule has 0 spiro atoms. The average Bonchev–Trinajstić information content (AvgIpc) is 3.36. The molecule has 1 unspecified atom stereocenters. The van der Waals surface area contributed by atoms with Gasteiger partial charge < -0.3 is 9.32 Å². The van der Waals surface area contributed by atoms with E-state index >= 15 is 0 Å². The second-order valence-corrected chi connectivity index (χ2v) is 6.53. The predicted octanol–water partition coefficient (Wildman–Crippen LogP) is 4.27. The molecule has 0 N–H and O–H groups in total. The number of carbonyl (C=O) groups excluding carboxylic acids is 1. The predicted molar refractivity (Wildman–Crippen MR) is 91.9 cm³/mol. The Morgan fingerprint density at radius 2 is 1.90 bits per heavy atom. The fourth-order valence-corrected chi connectivity index (χ4v) is 3.29. The lowest BCUT2D eigenvalue weighted by Gasteiger charge is -2.22. The first-order chi connectivity index (χ1) is 13.8. The van der Waals surface area contributed by atoms with E-state index in [9.17, 15) is 22.4 Å². The van der Waals surface area contributed by atoms with Crippen molar-refractivity contribution >= 4 is 5.91 Å². The quantitative estimate of drug-likeness (QED) is 0.608. The molecule has 150 valence electrons. The van der Waals surface area contributed by atoms with E-state index in [0.29, 0.717) is 37.1 Å². The Kier molecular flexibility index (Phi) is 4.77. The second-order valence-electron chi connectivity index (χ2n) is 6.53. The van der Waals surface area contributed by atoms with Gasteiger partial charge in [-0.15, -0.1) is 10.2 Å². The Bertz CT molecular complexity index is 1040. The molecule has 3 heterocycles. The molecule has 4 rings (SSSR count). The molecular weight excluding hydrogens is 392 g/mol. The summed E-state index contributed by atoms with van der Waals surface area (Å²) in [5, 5.41) is 7.99. The number of hydrogen-bond donors (Lipinski definition) is 0. The highest BCUT2D eigenvalue weighted by Crippen LogP contribution is 2.35. The normalized spacial score (nSPS) is 17.0. The minimum Gasteiger partial charge on any atom is -0.418 e. The van der Waals surface area contributed by atoms with Crippen molar-refractivity contribution in [3.8, 4) is 11.5 Å². The number of halogens is 4. The first-order valence-corrected chi connectivity index (χ1v) is 8.76. The molecule has 1 fully saturated rings. The van der Waals surface area contributed by atoms with E-state index < -0.39 is 29.5 Å². The lowest BCUT2D eigenvalue weighted by atomic mass is 10.1. The highest BCUT2D eigenvalue weighted by molar-refractivity contribution is 5.94. The van der Waals surface area contributed by atoms with Crippen LogP contribution in [0.1, 0.15) is 40.7 Å². The molecule has 1 aliphatic rings. The summed E-state index contributed by atoms with van der Waals surface area (Å²) in [6, 6.07) is 5.01. The van der Waals surface area contributed by atoms with Crippen molar-refractivity contribution in [3.63, 3.8) is 0 Å². The Labute approximate surface area is 162 Å². The van der Waals surface area contributed by atoms with Crippen molar-refractivity contribution in [2.45, 2.75) is 25.1 Å². The molecule has 0 bridgehead atoms. The van der Waals surface area contributed by atoms with Crippen molar-refractivity contribution in [3.05, 3.63) is 65.6 Å². The Hall–Kier alpha value is -3.30. The standard InChI is InChI=1S/C19H14F4N4O2/c20-14-10-12(3-4-13(14)19(21,22)23)18(28)27-9-1-2-15(27)17-26-25-16(29-17)11-5-7-24-8-6-11/h3-8,10,15H,1-2,9H2. The van der Waals surface area contributed by atoms with E-state index in [-0.39, 0.29) is 17.3 Å². The van der Waals surface area contributed by atoms with Crippen molar-refractivity contribution in [1.82, 2.24) is 20.1 Å². The zero-order valence-electron chi connectivity index (χ0n) is 14.9. The van der Waals surface area contributed by atoms with Gasteiger partial charge in [0.1, 0.15) is 11.9 Å². The number of alkyl halides is 3. The van der Waals surface area contributed by atoms with Gasteiger partial charge in [0.2, 0.25) is 11.8 Å². The molecule has 1 atom stereocenters. The van der Waals surface area contributed by atoms with E-state index in [1.165, 1.54) is 4.90 Å². The lowest BCUT2D eigenvalue weighted by molar-refractivity contribution is -0.140. The zero-order valence-corrected chi connectivity index (χ0v) is 14.9. The molecule has 29 heavy (non-hydrogen) atoms. The summed E-state index contributed by atoms with van der Waals surface area (Å²) in [5.74, 6) is -1.60. The number of likely N-dealkylation sites (tertiary alicyclic amines) is 1. The van der Waals surface area contributed by atoms with Crippen molar-refractivity contribution in [1.29, 1.82) is 0 Å². The number of benzene rings is 1. The average molecular weight is 406 g/mol. The maximum Gasteiger partial charge on any atom is 0.419 e.